The molecule has 0 saturated carbocycles. The van der Waals surface area contributed by atoms with E-state index in [1.165, 1.54) is 12.8 Å². The van der Waals surface area contributed by atoms with Crippen LogP contribution in [0.25, 0.3) is 0 Å². The van der Waals surface area contributed by atoms with Crippen molar-refractivity contribution in [3.8, 4) is 0 Å². The molecular weight excluding hydrogens is 180 g/mol. The van der Waals surface area contributed by atoms with Gasteiger partial charge in [0.25, 0.3) is 0 Å². The van der Waals surface area contributed by atoms with E-state index in [0.717, 1.165) is 30.9 Å². The summed E-state index contributed by atoms with van der Waals surface area (Å²) in [6, 6.07) is 0.440. The third-order valence-electron chi connectivity index (χ3n) is 1.96. The summed E-state index contributed by atoms with van der Waals surface area (Å²) in [4.78, 5) is 4.49. The second kappa shape index (κ2) is 8.42. The molecule has 0 radical (unpaired) electrons. The molecule has 0 bridgehead atoms. The van der Waals surface area contributed by atoms with Gasteiger partial charge in [0.2, 0.25) is 0 Å². The third kappa shape index (κ3) is 6.94. The maximum absolute atomic E-state index is 5.75. The average molecular weight is 202 g/mol. The predicted octanol–water partition coefficient (Wildman–Crippen LogP) is 2.63. The van der Waals surface area contributed by atoms with Crippen LogP contribution < -0.4 is 5.73 Å². The van der Waals surface area contributed by atoms with Crippen molar-refractivity contribution in [2.75, 3.05) is 5.75 Å². The van der Waals surface area contributed by atoms with Crippen molar-refractivity contribution in [2.24, 2.45) is 10.7 Å². The fourth-order valence-corrected chi connectivity index (χ4v) is 1.58. The molecule has 0 aliphatic carbocycles. The Morgan fingerprint density at radius 3 is 2.23 bits per heavy atom. The molecule has 13 heavy (non-hydrogen) atoms. The van der Waals surface area contributed by atoms with E-state index in [0.29, 0.717) is 6.04 Å². The van der Waals surface area contributed by atoms with Crippen molar-refractivity contribution in [1.29, 1.82) is 0 Å². The van der Waals surface area contributed by atoms with Crippen LogP contribution >= 0.6 is 12.6 Å². The SMILES string of the molecule is CCCC(CCC)N=C(N)CCS. The molecule has 0 aromatic rings. The smallest absolute Gasteiger partial charge is 0.0948 e. The van der Waals surface area contributed by atoms with Crippen molar-refractivity contribution in [2.45, 2.75) is 52.0 Å². The Morgan fingerprint density at radius 1 is 1.31 bits per heavy atom. The minimum absolute atomic E-state index is 0.440. The number of thiol groups is 1. The molecule has 0 rings (SSSR count). The number of nitrogens with two attached hydrogens (primary N) is 1. The van der Waals surface area contributed by atoms with Gasteiger partial charge in [0, 0.05) is 6.42 Å². The first kappa shape index (κ1) is 12.8. The van der Waals surface area contributed by atoms with Gasteiger partial charge in [0.05, 0.1) is 11.9 Å². The Bertz CT molecular complexity index is 140. The lowest BCUT2D eigenvalue weighted by atomic mass is 10.1. The van der Waals surface area contributed by atoms with Crippen LogP contribution in [0.5, 0.6) is 0 Å². The second-order valence-corrected chi connectivity index (χ2v) is 3.77. The third-order valence-corrected chi connectivity index (χ3v) is 2.18. The van der Waals surface area contributed by atoms with Crippen LogP contribution in [0.15, 0.2) is 4.99 Å². The molecule has 0 spiro atoms. The Kier molecular flexibility index (Phi) is 8.30. The van der Waals surface area contributed by atoms with Gasteiger partial charge in [0.15, 0.2) is 0 Å². The van der Waals surface area contributed by atoms with Crippen LogP contribution in [-0.4, -0.2) is 17.6 Å². The van der Waals surface area contributed by atoms with Crippen LogP contribution in [0.3, 0.4) is 0 Å². The topological polar surface area (TPSA) is 38.4 Å². The molecule has 0 aromatic carbocycles. The van der Waals surface area contributed by atoms with Crippen molar-refractivity contribution >= 4 is 18.5 Å². The number of amidine groups is 1. The van der Waals surface area contributed by atoms with Gasteiger partial charge in [-0.1, -0.05) is 26.7 Å². The van der Waals surface area contributed by atoms with Gasteiger partial charge in [-0.15, -0.1) is 0 Å². The molecular formula is C10H22N2S. The number of nitrogens with zero attached hydrogens (tertiary/aromatic N) is 1. The minimum atomic E-state index is 0.440. The summed E-state index contributed by atoms with van der Waals surface area (Å²) in [6.45, 7) is 4.37. The van der Waals surface area contributed by atoms with Crippen LogP contribution in [-0.2, 0) is 0 Å². The highest BCUT2D eigenvalue weighted by atomic mass is 32.1. The van der Waals surface area contributed by atoms with Crippen LogP contribution in [0.2, 0.25) is 0 Å². The first-order chi connectivity index (χ1) is 6.24. The molecule has 0 aliphatic heterocycles. The Labute approximate surface area is 87.4 Å². The van der Waals surface area contributed by atoms with E-state index in [4.69, 9.17) is 5.73 Å². The molecule has 3 heteroatoms. The van der Waals surface area contributed by atoms with Gasteiger partial charge in [-0.2, -0.15) is 12.6 Å². The molecule has 78 valence electrons. The molecule has 0 atom stereocenters. The van der Waals surface area contributed by atoms with Gasteiger partial charge >= 0.3 is 0 Å². The van der Waals surface area contributed by atoms with E-state index in [9.17, 15) is 0 Å². The number of rotatable bonds is 7. The Morgan fingerprint density at radius 2 is 1.85 bits per heavy atom. The van der Waals surface area contributed by atoms with Gasteiger partial charge in [-0.3, -0.25) is 4.99 Å². The van der Waals surface area contributed by atoms with E-state index in [-0.39, 0.29) is 0 Å². The fourth-order valence-electron chi connectivity index (χ4n) is 1.35. The summed E-state index contributed by atoms with van der Waals surface area (Å²) in [5.74, 6) is 1.56. The Hall–Kier alpha value is -0.180. The summed E-state index contributed by atoms with van der Waals surface area (Å²) >= 11 is 4.13. The first-order valence-electron chi connectivity index (χ1n) is 5.17. The van der Waals surface area contributed by atoms with Gasteiger partial charge in [-0.25, -0.2) is 0 Å². The van der Waals surface area contributed by atoms with Crippen LogP contribution in [0.4, 0.5) is 0 Å². The summed E-state index contributed by atoms with van der Waals surface area (Å²) < 4.78 is 0. The summed E-state index contributed by atoms with van der Waals surface area (Å²) in [5.41, 5.74) is 5.75. The molecule has 2 nitrogen and oxygen atoms in total. The molecule has 2 N–H and O–H groups in total. The van der Waals surface area contributed by atoms with E-state index in [1.807, 2.05) is 0 Å². The van der Waals surface area contributed by atoms with Crippen molar-refractivity contribution in [3.63, 3.8) is 0 Å². The zero-order valence-corrected chi connectivity index (χ0v) is 9.69. The average Bonchev–Trinajstić information content (AvgIpc) is 2.05. The van der Waals surface area contributed by atoms with Crippen molar-refractivity contribution in [1.82, 2.24) is 0 Å². The Balaban J connectivity index is 3.96. The first-order valence-corrected chi connectivity index (χ1v) is 5.80. The summed E-state index contributed by atoms with van der Waals surface area (Å²) in [5, 5.41) is 0. The zero-order chi connectivity index (χ0) is 10.1. The lowest BCUT2D eigenvalue weighted by Crippen LogP contribution is -2.17. The molecule has 0 aliphatic rings. The predicted molar refractivity (Wildman–Crippen MR) is 63.7 cm³/mol. The minimum Gasteiger partial charge on any atom is -0.387 e. The molecule has 0 saturated heterocycles. The molecule has 0 heterocycles. The normalized spacial score (nSPS) is 12.5. The second-order valence-electron chi connectivity index (χ2n) is 3.33. The van der Waals surface area contributed by atoms with Crippen molar-refractivity contribution < 1.29 is 0 Å². The quantitative estimate of drug-likeness (QED) is 0.372. The lowest BCUT2D eigenvalue weighted by Gasteiger charge is -2.10. The van der Waals surface area contributed by atoms with E-state index in [1.54, 1.807) is 0 Å². The van der Waals surface area contributed by atoms with E-state index in [2.05, 4.69) is 31.5 Å². The number of hydrogen-bond acceptors (Lipinski definition) is 2. The maximum Gasteiger partial charge on any atom is 0.0948 e. The van der Waals surface area contributed by atoms with Crippen LogP contribution in [0.1, 0.15) is 46.0 Å². The van der Waals surface area contributed by atoms with Gasteiger partial charge in [-0.05, 0) is 18.6 Å². The van der Waals surface area contributed by atoms with Crippen molar-refractivity contribution in [3.05, 3.63) is 0 Å². The maximum atomic E-state index is 5.75. The van der Waals surface area contributed by atoms with Crippen LogP contribution in [0, 0.1) is 0 Å². The number of hydrogen-bond donors (Lipinski definition) is 2. The summed E-state index contributed by atoms with van der Waals surface area (Å²) in [6.07, 6.45) is 5.49. The highest BCUT2D eigenvalue weighted by Gasteiger charge is 2.04. The molecule has 0 unspecified atom stereocenters. The molecule has 0 aromatic heterocycles. The molecule has 0 amide bonds. The fraction of sp³-hybridized carbons (Fsp3) is 0.900. The monoisotopic (exact) mass is 202 g/mol. The van der Waals surface area contributed by atoms with E-state index < -0.39 is 0 Å². The summed E-state index contributed by atoms with van der Waals surface area (Å²) in [7, 11) is 0. The van der Waals surface area contributed by atoms with Gasteiger partial charge < -0.3 is 5.73 Å². The number of aliphatic imine (C=N–C) groups is 1. The highest BCUT2D eigenvalue weighted by Crippen LogP contribution is 2.09. The standard InChI is InChI=1S/C10H22N2S/c1-3-5-9(6-4-2)12-10(11)7-8-13/h9,13H,3-8H2,1-2H3,(H2,11,12). The molecule has 0 fully saturated rings. The van der Waals surface area contributed by atoms with E-state index >= 15 is 0 Å². The lowest BCUT2D eigenvalue weighted by molar-refractivity contribution is 0.555. The highest BCUT2D eigenvalue weighted by molar-refractivity contribution is 7.80. The van der Waals surface area contributed by atoms with Gasteiger partial charge in [0.1, 0.15) is 0 Å². The largest absolute Gasteiger partial charge is 0.387 e. The zero-order valence-electron chi connectivity index (χ0n) is 8.79.